The van der Waals surface area contributed by atoms with Crippen LogP contribution in [0.5, 0.6) is 0 Å². The predicted molar refractivity (Wildman–Crippen MR) is 66.3 cm³/mol. The molecule has 0 aliphatic rings. The highest BCUT2D eigenvalue weighted by molar-refractivity contribution is 7.13. The van der Waals surface area contributed by atoms with Gasteiger partial charge in [-0.1, -0.05) is 13.3 Å². The van der Waals surface area contributed by atoms with Crippen molar-refractivity contribution in [3.05, 3.63) is 35.1 Å². The van der Waals surface area contributed by atoms with E-state index in [1.165, 1.54) is 11.3 Å². The van der Waals surface area contributed by atoms with Gasteiger partial charge in [-0.05, 0) is 18.6 Å². The molecule has 0 aliphatic heterocycles. The molecule has 0 aromatic carbocycles. The van der Waals surface area contributed by atoms with Gasteiger partial charge in [0.1, 0.15) is 5.01 Å². The molecule has 2 rings (SSSR count). The number of pyridine rings is 1. The maximum Gasteiger partial charge on any atom is 0.355 e. The number of carbonyl (C=O) groups is 1. The second-order valence-corrected chi connectivity index (χ2v) is 4.49. The van der Waals surface area contributed by atoms with Crippen LogP contribution in [0.1, 0.15) is 29.5 Å². The van der Waals surface area contributed by atoms with E-state index in [1.807, 2.05) is 12.1 Å². The molecule has 0 unspecified atom stereocenters. The van der Waals surface area contributed by atoms with Gasteiger partial charge in [0.2, 0.25) is 0 Å². The van der Waals surface area contributed by atoms with Crippen LogP contribution in [0, 0.1) is 0 Å². The summed E-state index contributed by atoms with van der Waals surface area (Å²) in [5.74, 6) is -0.990. The maximum atomic E-state index is 10.7. The molecule has 2 heterocycles. The summed E-state index contributed by atoms with van der Waals surface area (Å²) >= 11 is 1.34. The van der Waals surface area contributed by atoms with Crippen molar-refractivity contribution in [2.24, 2.45) is 0 Å². The van der Waals surface area contributed by atoms with Gasteiger partial charge in [0.25, 0.3) is 0 Å². The molecule has 0 atom stereocenters. The van der Waals surface area contributed by atoms with E-state index in [-0.39, 0.29) is 5.69 Å². The fourth-order valence-electron chi connectivity index (χ4n) is 1.51. The minimum Gasteiger partial charge on any atom is -0.476 e. The molecule has 2 aromatic heterocycles. The SMILES string of the molecule is CCCc1cc(-c2nc(C(=O)O)cs2)ccn1. The van der Waals surface area contributed by atoms with Crippen LogP contribution in [-0.4, -0.2) is 21.0 Å². The van der Waals surface area contributed by atoms with E-state index in [1.54, 1.807) is 11.6 Å². The number of carboxylic acid groups (broad SMARTS) is 1. The fraction of sp³-hybridized carbons (Fsp3) is 0.250. The van der Waals surface area contributed by atoms with Crippen molar-refractivity contribution in [1.82, 2.24) is 9.97 Å². The van der Waals surface area contributed by atoms with Gasteiger partial charge in [-0.25, -0.2) is 9.78 Å². The van der Waals surface area contributed by atoms with Crippen LogP contribution < -0.4 is 0 Å². The zero-order valence-electron chi connectivity index (χ0n) is 9.38. The van der Waals surface area contributed by atoms with Gasteiger partial charge in [0.15, 0.2) is 5.69 Å². The Morgan fingerprint density at radius 3 is 3.00 bits per heavy atom. The van der Waals surface area contributed by atoms with Crippen molar-refractivity contribution < 1.29 is 9.90 Å². The normalized spacial score (nSPS) is 10.4. The van der Waals surface area contributed by atoms with Crippen molar-refractivity contribution in [1.29, 1.82) is 0 Å². The highest BCUT2D eigenvalue weighted by Crippen LogP contribution is 2.24. The van der Waals surface area contributed by atoms with E-state index in [0.717, 1.165) is 29.1 Å². The monoisotopic (exact) mass is 248 g/mol. The average Bonchev–Trinajstić information content (AvgIpc) is 2.79. The largest absolute Gasteiger partial charge is 0.476 e. The molecule has 0 radical (unpaired) electrons. The zero-order valence-corrected chi connectivity index (χ0v) is 10.2. The summed E-state index contributed by atoms with van der Waals surface area (Å²) in [5, 5.41) is 11.1. The van der Waals surface area contributed by atoms with Crippen LogP contribution in [-0.2, 0) is 6.42 Å². The Morgan fingerprint density at radius 1 is 1.53 bits per heavy atom. The highest BCUT2D eigenvalue weighted by atomic mass is 32.1. The number of carboxylic acids is 1. The molecule has 0 fully saturated rings. The molecule has 4 nitrogen and oxygen atoms in total. The lowest BCUT2D eigenvalue weighted by Gasteiger charge is -2.00. The lowest BCUT2D eigenvalue weighted by molar-refractivity contribution is 0.0691. The Bertz CT molecular complexity index is 537. The summed E-state index contributed by atoms with van der Waals surface area (Å²) in [7, 11) is 0. The van der Waals surface area contributed by atoms with Crippen LogP contribution in [0.25, 0.3) is 10.6 Å². The number of nitrogens with zero attached hydrogens (tertiary/aromatic N) is 2. The molecule has 0 saturated heterocycles. The Hall–Kier alpha value is -1.75. The van der Waals surface area contributed by atoms with E-state index in [9.17, 15) is 4.79 Å². The van der Waals surface area contributed by atoms with Crippen molar-refractivity contribution in [3.63, 3.8) is 0 Å². The topological polar surface area (TPSA) is 63.1 Å². The number of aromatic nitrogens is 2. The molecule has 0 spiro atoms. The summed E-state index contributed by atoms with van der Waals surface area (Å²) in [4.78, 5) is 19.1. The van der Waals surface area contributed by atoms with Crippen LogP contribution in [0.3, 0.4) is 0 Å². The lowest BCUT2D eigenvalue weighted by Crippen LogP contribution is -1.96. The molecule has 2 aromatic rings. The molecular weight excluding hydrogens is 236 g/mol. The Morgan fingerprint density at radius 2 is 2.35 bits per heavy atom. The molecule has 17 heavy (non-hydrogen) atoms. The number of rotatable bonds is 4. The fourth-order valence-corrected chi connectivity index (χ4v) is 2.30. The quantitative estimate of drug-likeness (QED) is 0.903. The molecule has 0 bridgehead atoms. The molecule has 0 aliphatic carbocycles. The third-order valence-corrected chi connectivity index (χ3v) is 3.18. The summed E-state index contributed by atoms with van der Waals surface area (Å²) in [6.07, 6.45) is 3.70. The second kappa shape index (κ2) is 5.05. The van der Waals surface area contributed by atoms with E-state index >= 15 is 0 Å². The van der Waals surface area contributed by atoms with Crippen LogP contribution >= 0.6 is 11.3 Å². The van der Waals surface area contributed by atoms with E-state index in [2.05, 4.69) is 16.9 Å². The van der Waals surface area contributed by atoms with Gasteiger partial charge in [0, 0.05) is 22.8 Å². The smallest absolute Gasteiger partial charge is 0.355 e. The van der Waals surface area contributed by atoms with Crippen molar-refractivity contribution in [2.45, 2.75) is 19.8 Å². The third kappa shape index (κ3) is 2.68. The minimum absolute atomic E-state index is 0.0962. The average molecular weight is 248 g/mol. The number of hydrogen-bond donors (Lipinski definition) is 1. The third-order valence-electron chi connectivity index (χ3n) is 2.29. The second-order valence-electron chi connectivity index (χ2n) is 3.63. The molecule has 1 N–H and O–H groups in total. The highest BCUT2D eigenvalue weighted by Gasteiger charge is 2.10. The number of aryl methyl sites for hydroxylation is 1. The van der Waals surface area contributed by atoms with Gasteiger partial charge in [-0.15, -0.1) is 11.3 Å². The molecule has 0 amide bonds. The van der Waals surface area contributed by atoms with Crippen LogP contribution in [0.2, 0.25) is 0 Å². The first-order chi connectivity index (χ1) is 8.20. The zero-order chi connectivity index (χ0) is 12.3. The first kappa shape index (κ1) is 11.7. The molecule has 0 saturated carbocycles. The summed E-state index contributed by atoms with van der Waals surface area (Å²) in [6, 6.07) is 3.82. The standard InChI is InChI=1S/C12H12N2O2S/c1-2-3-9-6-8(4-5-13-9)11-14-10(7-17-11)12(15)16/h4-7H,2-3H2,1H3,(H,15,16). The van der Waals surface area contributed by atoms with Crippen LogP contribution in [0.4, 0.5) is 0 Å². The van der Waals surface area contributed by atoms with E-state index in [4.69, 9.17) is 5.11 Å². The Labute approximate surface area is 103 Å². The van der Waals surface area contributed by atoms with Gasteiger partial charge in [-0.3, -0.25) is 4.98 Å². The van der Waals surface area contributed by atoms with E-state index in [0.29, 0.717) is 0 Å². The molecule has 88 valence electrons. The maximum absolute atomic E-state index is 10.7. The van der Waals surface area contributed by atoms with E-state index < -0.39 is 5.97 Å². The van der Waals surface area contributed by atoms with Crippen molar-refractivity contribution in [2.75, 3.05) is 0 Å². The summed E-state index contributed by atoms with van der Waals surface area (Å²) in [5.41, 5.74) is 2.04. The van der Waals surface area contributed by atoms with Crippen LogP contribution in [0.15, 0.2) is 23.7 Å². The minimum atomic E-state index is -0.990. The number of thiazole rings is 1. The van der Waals surface area contributed by atoms with Crippen molar-refractivity contribution in [3.8, 4) is 10.6 Å². The molecule has 5 heteroatoms. The van der Waals surface area contributed by atoms with Gasteiger partial charge >= 0.3 is 5.97 Å². The van der Waals surface area contributed by atoms with Crippen molar-refractivity contribution >= 4 is 17.3 Å². The molecular formula is C12H12N2O2S. The predicted octanol–water partition coefficient (Wildman–Crippen LogP) is 2.86. The number of hydrogen-bond acceptors (Lipinski definition) is 4. The lowest BCUT2D eigenvalue weighted by atomic mass is 10.2. The summed E-state index contributed by atoms with van der Waals surface area (Å²) in [6.45, 7) is 2.10. The van der Waals surface area contributed by atoms with Gasteiger partial charge in [0.05, 0.1) is 0 Å². The first-order valence-corrected chi connectivity index (χ1v) is 6.22. The van der Waals surface area contributed by atoms with Gasteiger partial charge < -0.3 is 5.11 Å². The first-order valence-electron chi connectivity index (χ1n) is 5.35. The summed E-state index contributed by atoms with van der Waals surface area (Å²) < 4.78 is 0. The Kier molecular flexibility index (Phi) is 3.49. The van der Waals surface area contributed by atoms with Gasteiger partial charge in [-0.2, -0.15) is 0 Å². The number of aromatic carboxylic acids is 1. The Balaban J connectivity index is 2.31.